The highest BCUT2D eigenvalue weighted by Crippen LogP contribution is 2.29. The highest BCUT2D eigenvalue weighted by Gasteiger charge is 2.48. The topological polar surface area (TPSA) is 80.3 Å². The molecule has 2 aromatic rings. The van der Waals surface area contributed by atoms with Gasteiger partial charge in [-0.25, -0.2) is 9.97 Å². The molecule has 8 heteroatoms. The summed E-state index contributed by atoms with van der Waals surface area (Å²) < 4.78 is 12.1. The molecule has 7 nitrogen and oxygen atoms in total. The molecule has 1 aromatic heterocycles. The lowest BCUT2D eigenvalue weighted by atomic mass is 9.92. The second kappa shape index (κ2) is 8.22. The average Bonchev–Trinajstić information content (AvgIpc) is 3.26. The fourth-order valence-electron chi connectivity index (χ4n) is 3.62. The predicted octanol–water partition coefficient (Wildman–Crippen LogP) is 2.71. The summed E-state index contributed by atoms with van der Waals surface area (Å²) >= 11 is 5.45. The Labute approximate surface area is 176 Å². The Morgan fingerprint density at radius 3 is 2.45 bits per heavy atom. The third kappa shape index (κ3) is 4.66. The highest BCUT2D eigenvalue weighted by molar-refractivity contribution is 7.80. The van der Waals surface area contributed by atoms with E-state index in [4.69, 9.17) is 21.7 Å². The third-order valence-corrected chi connectivity index (χ3v) is 5.36. The standard InChI is InChI=1S/C21H27N5O2S/c1-21(2,3)16-9-10-22-19(26-16)24-14-11-27-18-15(12-28-17(14)18)25-20(29)23-13-7-5-4-6-8-13/h4-10,14-15,17-18H,11-12H2,1-3H3,(H,22,24,26)(H2,23,25,29)/t14-,15-,17+,18+/m0/s1. The van der Waals surface area contributed by atoms with Crippen molar-refractivity contribution in [3.05, 3.63) is 48.3 Å². The number of hydrogen-bond donors (Lipinski definition) is 3. The minimum atomic E-state index is -0.0752. The molecule has 0 saturated carbocycles. The Balaban J connectivity index is 1.35. The Hall–Kier alpha value is -2.29. The monoisotopic (exact) mass is 413 g/mol. The lowest BCUT2D eigenvalue weighted by Crippen LogP contribution is -2.46. The molecule has 4 rings (SSSR count). The lowest BCUT2D eigenvalue weighted by Gasteiger charge is -2.21. The van der Waals surface area contributed by atoms with Crippen molar-refractivity contribution in [2.45, 2.75) is 50.5 Å². The van der Waals surface area contributed by atoms with E-state index in [0.717, 1.165) is 11.4 Å². The minimum Gasteiger partial charge on any atom is -0.371 e. The van der Waals surface area contributed by atoms with Crippen molar-refractivity contribution in [1.82, 2.24) is 15.3 Å². The van der Waals surface area contributed by atoms with Crippen molar-refractivity contribution < 1.29 is 9.47 Å². The molecular formula is C21H27N5O2S. The first-order valence-corrected chi connectivity index (χ1v) is 10.3. The summed E-state index contributed by atoms with van der Waals surface area (Å²) in [6, 6.07) is 11.8. The average molecular weight is 414 g/mol. The molecule has 2 aliphatic heterocycles. The van der Waals surface area contributed by atoms with E-state index >= 15 is 0 Å². The smallest absolute Gasteiger partial charge is 0.223 e. The molecule has 4 atom stereocenters. The van der Waals surface area contributed by atoms with Crippen LogP contribution in [0.5, 0.6) is 0 Å². The van der Waals surface area contributed by atoms with Crippen molar-refractivity contribution in [3.63, 3.8) is 0 Å². The van der Waals surface area contributed by atoms with Crippen LogP contribution in [0.15, 0.2) is 42.6 Å². The van der Waals surface area contributed by atoms with Crippen LogP contribution in [-0.4, -0.2) is 52.6 Å². The molecule has 0 aliphatic carbocycles. The van der Waals surface area contributed by atoms with Gasteiger partial charge in [-0.3, -0.25) is 0 Å². The highest BCUT2D eigenvalue weighted by atomic mass is 32.1. The van der Waals surface area contributed by atoms with Crippen molar-refractivity contribution in [1.29, 1.82) is 0 Å². The Kier molecular flexibility index (Phi) is 5.67. The van der Waals surface area contributed by atoms with E-state index in [1.807, 2.05) is 36.4 Å². The number of ether oxygens (including phenoxy) is 2. The molecule has 2 saturated heterocycles. The van der Waals surface area contributed by atoms with Crippen LogP contribution in [0, 0.1) is 0 Å². The van der Waals surface area contributed by atoms with Crippen LogP contribution in [-0.2, 0) is 14.9 Å². The van der Waals surface area contributed by atoms with Gasteiger partial charge < -0.3 is 25.4 Å². The number of nitrogens with one attached hydrogen (secondary N) is 3. The van der Waals surface area contributed by atoms with Gasteiger partial charge in [-0.1, -0.05) is 39.0 Å². The fraction of sp³-hybridized carbons (Fsp3) is 0.476. The van der Waals surface area contributed by atoms with Crippen molar-refractivity contribution >= 4 is 29.0 Å². The SMILES string of the molecule is CC(C)(C)c1ccnc(N[C@H]2CO[C@H]3[C@@H]2OC[C@@H]3NC(=S)Nc2ccccc2)n1. The van der Waals surface area contributed by atoms with Gasteiger partial charge in [-0.05, 0) is 30.4 Å². The molecule has 0 amide bonds. The number of hydrogen-bond acceptors (Lipinski definition) is 6. The van der Waals surface area contributed by atoms with Crippen LogP contribution in [0.1, 0.15) is 26.5 Å². The number of para-hydroxylation sites is 1. The Morgan fingerprint density at radius 2 is 1.72 bits per heavy atom. The summed E-state index contributed by atoms with van der Waals surface area (Å²) in [5, 5.41) is 10.5. The van der Waals surface area contributed by atoms with E-state index in [-0.39, 0.29) is 29.7 Å². The van der Waals surface area contributed by atoms with Crippen molar-refractivity contribution in [2.24, 2.45) is 0 Å². The van der Waals surface area contributed by atoms with Gasteiger partial charge in [0.1, 0.15) is 12.2 Å². The summed E-state index contributed by atoms with van der Waals surface area (Å²) in [6.45, 7) is 7.48. The molecule has 0 bridgehead atoms. The zero-order chi connectivity index (χ0) is 20.4. The minimum absolute atomic E-state index is 0.00216. The summed E-state index contributed by atoms with van der Waals surface area (Å²) in [4.78, 5) is 9.02. The molecule has 2 fully saturated rings. The normalized spacial score (nSPS) is 26.0. The molecule has 1 aromatic carbocycles. The maximum absolute atomic E-state index is 6.03. The first-order chi connectivity index (χ1) is 13.9. The maximum Gasteiger partial charge on any atom is 0.223 e. The number of rotatable bonds is 4. The number of benzene rings is 1. The van der Waals surface area contributed by atoms with Gasteiger partial charge in [0.15, 0.2) is 5.11 Å². The van der Waals surface area contributed by atoms with E-state index in [9.17, 15) is 0 Å². The largest absolute Gasteiger partial charge is 0.371 e. The number of anilines is 2. The summed E-state index contributed by atoms with van der Waals surface area (Å²) in [5.41, 5.74) is 1.91. The quantitative estimate of drug-likeness (QED) is 0.661. The van der Waals surface area contributed by atoms with Crippen LogP contribution in [0.4, 0.5) is 11.6 Å². The maximum atomic E-state index is 6.03. The van der Waals surface area contributed by atoms with Crippen LogP contribution in [0.3, 0.4) is 0 Å². The van der Waals surface area contributed by atoms with Gasteiger partial charge in [0.25, 0.3) is 0 Å². The van der Waals surface area contributed by atoms with Crippen LogP contribution in [0.25, 0.3) is 0 Å². The molecule has 2 aliphatic rings. The second-order valence-electron chi connectivity index (χ2n) is 8.43. The Bertz CT molecular complexity index is 858. The van der Waals surface area contributed by atoms with Gasteiger partial charge in [-0.2, -0.15) is 0 Å². The molecule has 0 spiro atoms. The summed E-state index contributed by atoms with van der Waals surface area (Å²) in [5.74, 6) is 0.605. The summed E-state index contributed by atoms with van der Waals surface area (Å²) in [6.07, 6.45) is 1.64. The first kappa shape index (κ1) is 20.0. The van der Waals surface area contributed by atoms with Crippen molar-refractivity contribution in [3.8, 4) is 0 Å². The van der Waals surface area contributed by atoms with Crippen molar-refractivity contribution in [2.75, 3.05) is 23.8 Å². The first-order valence-electron chi connectivity index (χ1n) is 9.86. The number of nitrogens with zero attached hydrogens (tertiary/aromatic N) is 2. The van der Waals surface area contributed by atoms with E-state index in [2.05, 4.69) is 46.7 Å². The van der Waals surface area contributed by atoms with Gasteiger partial charge in [0, 0.05) is 17.3 Å². The predicted molar refractivity (Wildman–Crippen MR) is 117 cm³/mol. The fourth-order valence-corrected chi connectivity index (χ4v) is 3.88. The molecule has 0 unspecified atom stereocenters. The molecule has 154 valence electrons. The van der Waals surface area contributed by atoms with Gasteiger partial charge in [0.05, 0.1) is 31.0 Å². The van der Waals surface area contributed by atoms with E-state index in [1.54, 1.807) is 6.20 Å². The molecular weight excluding hydrogens is 386 g/mol. The zero-order valence-electron chi connectivity index (χ0n) is 16.9. The summed E-state index contributed by atoms with van der Waals surface area (Å²) in [7, 11) is 0. The molecule has 3 N–H and O–H groups in total. The molecule has 29 heavy (non-hydrogen) atoms. The lowest BCUT2D eigenvalue weighted by molar-refractivity contribution is 0.0689. The van der Waals surface area contributed by atoms with Crippen LogP contribution in [0.2, 0.25) is 0 Å². The number of aromatic nitrogens is 2. The van der Waals surface area contributed by atoms with Crippen LogP contribution >= 0.6 is 12.2 Å². The third-order valence-electron chi connectivity index (χ3n) is 5.14. The number of thiocarbonyl (C=S) groups is 1. The number of fused-ring (bicyclic) bond motifs is 1. The Morgan fingerprint density at radius 1 is 1.03 bits per heavy atom. The zero-order valence-corrected chi connectivity index (χ0v) is 17.7. The molecule has 0 radical (unpaired) electrons. The van der Waals surface area contributed by atoms with E-state index in [1.165, 1.54) is 0 Å². The second-order valence-corrected chi connectivity index (χ2v) is 8.84. The van der Waals surface area contributed by atoms with Gasteiger partial charge >= 0.3 is 0 Å². The van der Waals surface area contributed by atoms with E-state index < -0.39 is 0 Å². The molecule has 3 heterocycles. The van der Waals surface area contributed by atoms with Crippen LogP contribution < -0.4 is 16.0 Å². The van der Waals surface area contributed by atoms with Gasteiger partial charge in [-0.15, -0.1) is 0 Å². The van der Waals surface area contributed by atoms with Gasteiger partial charge in [0.2, 0.25) is 5.95 Å². The van der Waals surface area contributed by atoms with E-state index in [0.29, 0.717) is 24.3 Å².